The fraction of sp³-hybridized carbons (Fsp3) is 0.0870. The van der Waals surface area contributed by atoms with Gasteiger partial charge in [0.1, 0.15) is 16.6 Å². The predicted molar refractivity (Wildman–Crippen MR) is 125 cm³/mol. The first kappa shape index (κ1) is 21.3. The van der Waals surface area contributed by atoms with E-state index in [0.29, 0.717) is 33.2 Å². The second-order valence-electron chi connectivity index (χ2n) is 6.59. The number of hydrogen-bond donors (Lipinski definition) is 1. The molecule has 156 valence electrons. The van der Waals surface area contributed by atoms with Crippen LogP contribution in [0.15, 0.2) is 76.2 Å². The molecule has 0 fully saturated rings. The number of nitrogens with zero attached hydrogens (tertiary/aromatic N) is 2. The zero-order chi connectivity index (χ0) is 21.8. The van der Waals surface area contributed by atoms with Gasteiger partial charge in [-0.05, 0) is 54.6 Å². The normalized spacial score (nSPS) is 10.8. The molecule has 0 bridgehead atoms. The number of hydrogen-bond acceptors (Lipinski definition) is 5. The fourth-order valence-electron chi connectivity index (χ4n) is 2.92. The Kier molecular flexibility index (Phi) is 6.48. The van der Waals surface area contributed by atoms with E-state index in [0.717, 1.165) is 10.0 Å². The smallest absolute Gasteiger partial charge is 0.234 e. The molecular formula is C23H17BrFN3O2S. The minimum atomic E-state index is -0.378. The van der Waals surface area contributed by atoms with Gasteiger partial charge >= 0.3 is 0 Å². The lowest BCUT2D eigenvalue weighted by Crippen LogP contribution is -2.14. The van der Waals surface area contributed by atoms with Crippen LogP contribution >= 0.6 is 27.7 Å². The number of aromatic nitrogens is 2. The van der Waals surface area contributed by atoms with Gasteiger partial charge in [0.05, 0.1) is 18.4 Å². The molecule has 0 radical (unpaired) electrons. The van der Waals surface area contributed by atoms with E-state index in [1.165, 1.54) is 23.9 Å². The van der Waals surface area contributed by atoms with Crippen molar-refractivity contribution in [3.05, 3.63) is 77.0 Å². The Morgan fingerprint density at radius 1 is 1.06 bits per heavy atom. The van der Waals surface area contributed by atoms with Crippen molar-refractivity contribution in [3.63, 3.8) is 0 Å². The first-order valence-corrected chi connectivity index (χ1v) is 11.1. The number of rotatable bonds is 6. The molecule has 0 saturated heterocycles. The SMILES string of the molecule is COc1ccc(NC(=O)CSc2nc(-c3ccc(Br)cc3)nc3ccc(F)cc23)cc1. The number of anilines is 1. The van der Waals surface area contributed by atoms with Crippen LogP contribution in [-0.4, -0.2) is 28.7 Å². The van der Waals surface area contributed by atoms with Crippen LogP contribution in [0.3, 0.4) is 0 Å². The molecule has 5 nitrogen and oxygen atoms in total. The zero-order valence-corrected chi connectivity index (χ0v) is 18.8. The number of fused-ring (bicyclic) bond motifs is 1. The Hall–Kier alpha value is -2.97. The van der Waals surface area contributed by atoms with E-state index in [9.17, 15) is 9.18 Å². The standard InChI is InChI=1S/C23H17BrFN3O2S/c1-30-18-9-7-17(8-10-18)26-21(29)13-31-23-19-12-16(25)6-11-20(19)27-22(28-23)14-2-4-15(24)5-3-14/h2-12H,13H2,1H3,(H,26,29). The van der Waals surface area contributed by atoms with Crippen LogP contribution < -0.4 is 10.1 Å². The minimum Gasteiger partial charge on any atom is -0.497 e. The first-order valence-electron chi connectivity index (χ1n) is 9.32. The summed E-state index contributed by atoms with van der Waals surface area (Å²) < 4.78 is 19.9. The molecule has 1 heterocycles. The average molecular weight is 498 g/mol. The topological polar surface area (TPSA) is 64.1 Å². The van der Waals surface area contributed by atoms with Crippen molar-refractivity contribution in [2.75, 3.05) is 18.2 Å². The highest BCUT2D eigenvalue weighted by atomic mass is 79.9. The van der Waals surface area contributed by atoms with E-state index in [-0.39, 0.29) is 17.5 Å². The Morgan fingerprint density at radius 3 is 2.52 bits per heavy atom. The first-order chi connectivity index (χ1) is 15.0. The number of ether oxygens (including phenoxy) is 1. The van der Waals surface area contributed by atoms with E-state index in [1.54, 1.807) is 37.4 Å². The van der Waals surface area contributed by atoms with Crippen LogP contribution in [0.4, 0.5) is 10.1 Å². The van der Waals surface area contributed by atoms with Gasteiger partial charge in [-0.15, -0.1) is 0 Å². The summed E-state index contributed by atoms with van der Waals surface area (Å²) in [4.78, 5) is 21.6. The highest BCUT2D eigenvalue weighted by Gasteiger charge is 2.13. The molecule has 0 spiro atoms. The Morgan fingerprint density at radius 2 is 1.81 bits per heavy atom. The minimum absolute atomic E-state index is 0.119. The van der Waals surface area contributed by atoms with Gasteiger partial charge in [0.2, 0.25) is 5.91 Å². The Bertz CT molecular complexity index is 1230. The number of thioether (sulfide) groups is 1. The van der Waals surface area contributed by atoms with Crippen molar-refractivity contribution in [2.24, 2.45) is 0 Å². The number of benzene rings is 3. The molecule has 1 N–H and O–H groups in total. The maximum Gasteiger partial charge on any atom is 0.234 e. The number of methoxy groups -OCH3 is 1. The summed E-state index contributed by atoms with van der Waals surface area (Å²) in [5.74, 6) is 0.779. The fourth-order valence-corrected chi connectivity index (χ4v) is 3.99. The van der Waals surface area contributed by atoms with Crippen molar-refractivity contribution in [2.45, 2.75) is 5.03 Å². The van der Waals surface area contributed by atoms with Crippen LogP contribution in [0.5, 0.6) is 5.75 Å². The maximum absolute atomic E-state index is 13.9. The second-order valence-corrected chi connectivity index (χ2v) is 8.47. The van der Waals surface area contributed by atoms with Crippen molar-refractivity contribution in [1.29, 1.82) is 0 Å². The van der Waals surface area contributed by atoms with Gasteiger partial charge in [0.15, 0.2) is 5.82 Å². The average Bonchev–Trinajstić information content (AvgIpc) is 2.78. The molecule has 0 aliphatic carbocycles. The molecule has 8 heteroatoms. The quantitative estimate of drug-likeness (QED) is 0.264. The number of nitrogens with one attached hydrogen (secondary N) is 1. The predicted octanol–water partition coefficient (Wildman–Crippen LogP) is 5.94. The summed E-state index contributed by atoms with van der Waals surface area (Å²) in [6, 6.07) is 19.1. The summed E-state index contributed by atoms with van der Waals surface area (Å²) in [5, 5.41) is 3.96. The summed E-state index contributed by atoms with van der Waals surface area (Å²) in [6.07, 6.45) is 0. The van der Waals surface area contributed by atoms with Gasteiger partial charge in [-0.1, -0.05) is 39.8 Å². The van der Waals surface area contributed by atoms with Gasteiger partial charge < -0.3 is 10.1 Å². The third-order valence-electron chi connectivity index (χ3n) is 4.44. The molecule has 0 aliphatic rings. The van der Waals surface area contributed by atoms with Crippen LogP contribution in [0, 0.1) is 5.82 Å². The monoisotopic (exact) mass is 497 g/mol. The molecule has 3 aromatic carbocycles. The lowest BCUT2D eigenvalue weighted by molar-refractivity contribution is -0.113. The number of carbonyl (C=O) groups is 1. The zero-order valence-electron chi connectivity index (χ0n) is 16.4. The van der Waals surface area contributed by atoms with Crippen LogP contribution in [0.25, 0.3) is 22.3 Å². The van der Waals surface area contributed by atoms with Gasteiger partial charge in [0, 0.05) is 21.1 Å². The number of halogens is 2. The van der Waals surface area contributed by atoms with Crippen molar-refractivity contribution < 1.29 is 13.9 Å². The van der Waals surface area contributed by atoms with Gasteiger partial charge in [-0.3, -0.25) is 4.79 Å². The Labute approximate surface area is 191 Å². The van der Waals surface area contributed by atoms with Crippen molar-refractivity contribution in [3.8, 4) is 17.1 Å². The summed E-state index contributed by atoms with van der Waals surface area (Å²) >= 11 is 4.66. The maximum atomic E-state index is 13.9. The second kappa shape index (κ2) is 9.45. The van der Waals surface area contributed by atoms with Gasteiger partial charge in [-0.2, -0.15) is 0 Å². The van der Waals surface area contributed by atoms with E-state index < -0.39 is 0 Å². The molecule has 31 heavy (non-hydrogen) atoms. The number of amides is 1. The van der Waals surface area contributed by atoms with Crippen LogP contribution in [0.1, 0.15) is 0 Å². The van der Waals surface area contributed by atoms with Crippen LogP contribution in [0.2, 0.25) is 0 Å². The molecule has 1 amide bonds. The van der Waals surface area contributed by atoms with E-state index >= 15 is 0 Å². The van der Waals surface area contributed by atoms with E-state index in [1.807, 2.05) is 24.3 Å². The third kappa shape index (κ3) is 5.21. The van der Waals surface area contributed by atoms with Crippen molar-refractivity contribution in [1.82, 2.24) is 9.97 Å². The molecule has 0 unspecified atom stereocenters. The molecule has 0 atom stereocenters. The highest BCUT2D eigenvalue weighted by Crippen LogP contribution is 2.29. The molecular weight excluding hydrogens is 481 g/mol. The molecule has 4 aromatic rings. The molecule has 0 saturated carbocycles. The van der Waals surface area contributed by atoms with E-state index in [2.05, 4.69) is 31.2 Å². The summed E-state index contributed by atoms with van der Waals surface area (Å²) in [7, 11) is 1.58. The summed E-state index contributed by atoms with van der Waals surface area (Å²) in [6.45, 7) is 0. The third-order valence-corrected chi connectivity index (χ3v) is 5.96. The molecule has 4 rings (SSSR count). The Balaban J connectivity index is 1.58. The van der Waals surface area contributed by atoms with Crippen molar-refractivity contribution >= 4 is 50.2 Å². The summed E-state index contributed by atoms with van der Waals surface area (Å²) in [5.41, 5.74) is 2.12. The van der Waals surface area contributed by atoms with Gasteiger partial charge in [-0.25, -0.2) is 14.4 Å². The number of carbonyl (C=O) groups excluding carboxylic acids is 1. The molecule has 0 aliphatic heterocycles. The lowest BCUT2D eigenvalue weighted by atomic mass is 10.2. The van der Waals surface area contributed by atoms with Gasteiger partial charge in [0.25, 0.3) is 0 Å². The molecule has 1 aromatic heterocycles. The van der Waals surface area contributed by atoms with Crippen LogP contribution in [-0.2, 0) is 4.79 Å². The largest absolute Gasteiger partial charge is 0.497 e. The van der Waals surface area contributed by atoms with E-state index in [4.69, 9.17) is 4.74 Å². The highest BCUT2D eigenvalue weighted by molar-refractivity contribution is 9.10. The lowest BCUT2D eigenvalue weighted by Gasteiger charge is -2.10.